The molecular weight excluding hydrogens is 249 g/mol. The molecule has 1 aromatic heterocycles. The lowest BCUT2D eigenvalue weighted by Crippen LogP contribution is -2.30. The number of carbonyl (C=O) groups is 1. The van der Waals surface area contributed by atoms with Crippen LogP contribution in [0.15, 0.2) is 34.9 Å². The van der Waals surface area contributed by atoms with Crippen LogP contribution >= 0.6 is 0 Å². The summed E-state index contributed by atoms with van der Waals surface area (Å²) in [6.45, 7) is 2.12. The molecule has 1 aromatic carbocycles. The minimum Gasteiger partial charge on any atom is -0.360 e. The second-order valence-corrected chi connectivity index (χ2v) is 4.24. The maximum absolute atomic E-state index is 12.8. The molecule has 0 aliphatic carbocycles. The van der Waals surface area contributed by atoms with Crippen LogP contribution in [0.25, 0.3) is 0 Å². The largest absolute Gasteiger partial charge is 0.360 e. The van der Waals surface area contributed by atoms with Gasteiger partial charge in [0.15, 0.2) is 5.82 Å². The second-order valence-electron chi connectivity index (χ2n) is 4.24. The average molecular weight is 263 g/mol. The number of nitrogens with zero attached hydrogens (tertiary/aromatic N) is 2. The molecule has 2 aromatic rings. The molecule has 0 unspecified atom stereocenters. The number of aryl methyl sites for hydroxylation is 1. The molecule has 0 aliphatic heterocycles. The van der Waals surface area contributed by atoms with Crippen LogP contribution in [0.4, 0.5) is 15.0 Å². The molecule has 0 aliphatic rings. The van der Waals surface area contributed by atoms with Crippen LogP contribution in [0.2, 0.25) is 0 Å². The fourth-order valence-electron chi connectivity index (χ4n) is 1.57. The van der Waals surface area contributed by atoms with Gasteiger partial charge in [-0.15, -0.1) is 0 Å². The first-order chi connectivity index (χ1) is 9.04. The van der Waals surface area contributed by atoms with E-state index in [1.165, 1.54) is 17.0 Å². The van der Waals surface area contributed by atoms with E-state index in [1.807, 2.05) is 0 Å². The van der Waals surface area contributed by atoms with Crippen molar-refractivity contribution in [3.8, 4) is 0 Å². The van der Waals surface area contributed by atoms with Crippen LogP contribution in [-0.4, -0.2) is 23.1 Å². The Bertz CT molecular complexity index is 566. The molecule has 0 saturated carbocycles. The number of aromatic nitrogens is 1. The number of hydrogen-bond acceptors (Lipinski definition) is 3. The first-order valence-corrected chi connectivity index (χ1v) is 5.74. The van der Waals surface area contributed by atoms with Crippen molar-refractivity contribution in [2.24, 2.45) is 0 Å². The molecular formula is C13H14FN3O2. The average Bonchev–Trinajstić information content (AvgIpc) is 2.77. The number of urea groups is 1. The highest BCUT2D eigenvalue weighted by molar-refractivity contribution is 5.87. The summed E-state index contributed by atoms with van der Waals surface area (Å²) in [4.78, 5) is 13.3. The molecule has 0 bridgehead atoms. The van der Waals surface area contributed by atoms with Crippen molar-refractivity contribution in [2.45, 2.75) is 13.5 Å². The second kappa shape index (κ2) is 5.51. The number of hydrogen-bond donors (Lipinski definition) is 1. The van der Waals surface area contributed by atoms with Gasteiger partial charge >= 0.3 is 6.03 Å². The van der Waals surface area contributed by atoms with Gasteiger partial charge in [-0.25, -0.2) is 9.18 Å². The third-order valence-electron chi connectivity index (χ3n) is 2.54. The van der Waals surface area contributed by atoms with Gasteiger partial charge in [0.2, 0.25) is 0 Å². The van der Waals surface area contributed by atoms with Gasteiger partial charge in [0.25, 0.3) is 0 Å². The number of halogens is 1. The van der Waals surface area contributed by atoms with Crippen LogP contribution in [0, 0.1) is 12.7 Å². The molecule has 6 heteroatoms. The molecule has 1 heterocycles. The van der Waals surface area contributed by atoms with E-state index in [2.05, 4.69) is 10.5 Å². The van der Waals surface area contributed by atoms with Crippen molar-refractivity contribution in [2.75, 3.05) is 12.4 Å². The van der Waals surface area contributed by atoms with E-state index >= 15 is 0 Å². The zero-order valence-corrected chi connectivity index (χ0v) is 10.7. The topological polar surface area (TPSA) is 58.4 Å². The predicted molar refractivity (Wildman–Crippen MR) is 68.1 cm³/mol. The van der Waals surface area contributed by atoms with Gasteiger partial charge in [0.1, 0.15) is 11.6 Å². The number of anilines is 1. The van der Waals surface area contributed by atoms with E-state index in [0.717, 1.165) is 5.56 Å². The Kier molecular flexibility index (Phi) is 3.79. The van der Waals surface area contributed by atoms with E-state index in [9.17, 15) is 9.18 Å². The minimum absolute atomic E-state index is 0.297. The first-order valence-electron chi connectivity index (χ1n) is 5.74. The zero-order chi connectivity index (χ0) is 13.8. The van der Waals surface area contributed by atoms with Gasteiger partial charge in [-0.3, -0.25) is 5.32 Å². The van der Waals surface area contributed by atoms with Crippen molar-refractivity contribution in [3.63, 3.8) is 0 Å². The number of benzene rings is 1. The highest BCUT2D eigenvalue weighted by Crippen LogP contribution is 2.10. The molecule has 0 saturated heterocycles. The number of rotatable bonds is 3. The Balaban J connectivity index is 1.94. The molecule has 0 atom stereocenters. The van der Waals surface area contributed by atoms with Gasteiger partial charge < -0.3 is 9.42 Å². The third kappa shape index (κ3) is 3.54. The van der Waals surface area contributed by atoms with Crippen LogP contribution in [-0.2, 0) is 6.54 Å². The van der Waals surface area contributed by atoms with Crippen molar-refractivity contribution in [1.29, 1.82) is 0 Å². The summed E-state index contributed by atoms with van der Waals surface area (Å²) in [6.07, 6.45) is 0. The van der Waals surface area contributed by atoms with Gasteiger partial charge in [-0.2, -0.15) is 0 Å². The van der Waals surface area contributed by atoms with Gasteiger partial charge in [0, 0.05) is 19.7 Å². The van der Waals surface area contributed by atoms with E-state index in [1.54, 1.807) is 32.2 Å². The summed E-state index contributed by atoms with van der Waals surface area (Å²) in [7, 11) is 1.64. The Morgan fingerprint density at radius 2 is 2.11 bits per heavy atom. The van der Waals surface area contributed by atoms with Gasteiger partial charge in [0.05, 0.1) is 0 Å². The molecule has 1 N–H and O–H groups in total. The lowest BCUT2D eigenvalue weighted by molar-refractivity contribution is 0.220. The smallest absolute Gasteiger partial charge is 0.323 e. The maximum Gasteiger partial charge on any atom is 0.323 e. The van der Waals surface area contributed by atoms with Gasteiger partial charge in [-0.05, 0) is 24.6 Å². The van der Waals surface area contributed by atoms with Crippen molar-refractivity contribution >= 4 is 11.8 Å². The summed E-state index contributed by atoms with van der Waals surface area (Å²) in [5.41, 5.74) is 0.843. The summed E-state index contributed by atoms with van der Waals surface area (Å²) in [6, 6.07) is 7.32. The Morgan fingerprint density at radius 3 is 2.68 bits per heavy atom. The lowest BCUT2D eigenvalue weighted by atomic mass is 10.2. The Labute approximate surface area is 110 Å². The third-order valence-corrected chi connectivity index (χ3v) is 2.54. The van der Waals surface area contributed by atoms with Crippen LogP contribution < -0.4 is 5.32 Å². The quantitative estimate of drug-likeness (QED) is 0.926. The van der Waals surface area contributed by atoms with Crippen molar-refractivity contribution in [3.05, 3.63) is 47.5 Å². The molecule has 19 heavy (non-hydrogen) atoms. The Hall–Kier alpha value is -2.37. The van der Waals surface area contributed by atoms with E-state index in [0.29, 0.717) is 18.1 Å². The molecule has 100 valence electrons. The van der Waals surface area contributed by atoms with E-state index in [-0.39, 0.29) is 11.8 Å². The summed E-state index contributed by atoms with van der Waals surface area (Å²) in [5.74, 6) is 0.693. The summed E-state index contributed by atoms with van der Waals surface area (Å²) >= 11 is 0. The van der Waals surface area contributed by atoms with Crippen LogP contribution in [0.3, 0.4) is 0 Å². The minimum atomic E-state index is -0.308. The molecule has 2 rings (SSSR count). The standard InChI is InChI=1S/C13H14FN3O2/c1-9-7-12(16-19-9)15-13(18)17(2)8-10-3-5-11(14)6-4-10/h3-7H,8H2,1-2H3,(H,15,16,18). The van der Waals surface area contributed by atoms with Crippen molar-refractivity contribution < 1.29 is 13.7 Å². The fraction of sp³-hybridized carbons (Fsp3) is 0.231. The molecule has 2 amide bonds. The molecule has 0 fully saturated rings. The summed E-state index contributed by atoms with van der Waals surface area (Å²) in [5, 5.41) is 6.28. The zero-order valence-electron chi connectivity index (χ0n) is 10.7. The van der Waals surface area contributed by atoms with Crippen LogP contribution in [0.1, 0.15) is 11.3 Å². The fourth-order valence-corrected chi connectivity index (χ4v) is 1.57. The highest BCUT2D eigenvalue weighted by Gasteiger charge is 2.11. The predicted octanol–water partition coefficient (Wildman–Crippen LogP) is 2.79. The molecule has 5 nitrogen and oxygen atoms in total. The number of amides is 2. The molecule has 0 radical (unpaired) electrons. The van der Waals surface area contributed by atoms with Gasteiger partial charge in [-0.1, -0.05) is 17.3 Å². The highest BCUT2D eigenvalue weighted by atomic mass is 19.1. The van der Waals surface area contributed by atoms with Crippen LogP contribution in [0.5, 0.6) is 0 Å². The Morgan fingerprint density at radius 1 is 1.42 bits per heavy atom. The SMILES string of the molecule is Cc1cc(NC(=O)N(C)Cc2ccc(F)cc2)no1. The summed E-state index contributed by atoms with van der Waals surface area (Å²) < 4.78 is 17.6. The molecule has 0 spiro atoms. The van der Waals surface area contributed by atoms with E-state index in [4.69, 9.17) is 4.52 Å². The maximum atomic E-state index is 12.8. The lowest BCUT2D eigenvalue weighted by Gasteiger charge is -2.16. The monoisotopic (exact) mass is 263 g/mol. The number of nitrogens with one attached hydrogen (secondary N) is 1. The van der Waals surface area contributed by atoms with E-state index < -0.39 is 0 Å². The number of carbonyl (C=O) groups excluding carboxylic acids is 1. The van der Waals surface area contributed by atoms with Crippen molar-refractivity contribution in [1.82, 2.24) is 10.1 Å². The first kappa shape index (κ1) is 13.1. The normalized spacial score (nSPS) is 10.3.